The predicted molar refractivity (Wildman–Crippen MR) is 73.9 cm³/mol. The first-order valence-electron chi connectivity index (χ1n) is 6.79. The number of ether oxygens (including phenoxy) is 1. The van der Waals surface area contributed by atoms with Gasteiger partial charge in [-0.1, -0.05) is 12.1 Å². The molecule has 7 heteroatoms. The summed E-state index contributed by atoms with van der Waals surface area (Å²) in [6, 6.07) is 5.23. The minimum absolute atomic E-state index is 0.00316. The van der Waals surface area contributed by atoms with Crippen LogP contribution in [-0.2, 0) is 9.53 Å². The number of alkyl halides is 2. The summed E-state index contributed by atoms with van der Waals surface area (Å²) >= 11 is 0. The van der Waals surface area contributed by atoms with Crippen molar-refractivity contribution in [1.29, 1.82) is 0 Å². The topological polar surface area (TPSA) is 66.8 Å². The summed E-state index contributed by atoms with van der Waals surface area (Å²) in [4.78, 5) is 25.2. The van der Waals surface area contributed by atoms with Crippen molar-refractivity contribution in [2.75, 3.05) is 26.8 Å². The largest absolute Gasteiger partial charge is 0.481 e. The molecule has 1 amide bonds. The average molecular weight is 313 g/mol. The number of aliphatic carboxylic acids is 1. The standard InChI is InChI=1S/C15H17F2NO4/c1-22-9-15(14(20)21)5-6-18(8-15)13(19)11-4-2-3-10(7-11)12(16)17/h2-4,7,12H,5-6,8-9H2,1H3,(H,20,21). The number of methoxy groups -OCH3 is 1. The van der Waals surface area contributed by atoms with Gasteiger partial charge in [0.05, 0.1) is 6.61 Å². The first-order chi connectivity index (χ1) is 10.4. The van der Waals surface area contributed by atoms with Crippen LogP contribution in [-0.4, -0.2) is 48.7 Å². The first-order valence-corrected chi connectivity index (χ1v) is 6.79. The number of carbonyl (C=O) groups excluding carboxylic acids is 1. The van der Waals surface area contributed by atoms with Crippen molar-refractivity contribution in [3.05, 3.63) is 35.4 Å². The smallest absolute Gasteiger partial charge is 0.313 e. The summed E-state index contributed by atoms with van der Waals surface area (Å²) < 4.78 is 30.4. The molecule has 1 saturated heterocycles. The lowest BCUT2D eigenvalue weighted by molar-refractivity contribution is -0.151. The number of nitrogens with zero attached hydrogens (tertiary/aromatic N) is 1. The molecule has 1 aliphatic heterocycles. The van der Waals surface area contributed by atoms with E-state index in [4.69, 9.17) is 4.74 Å². The Hall–Kier alpha value is -2.02. The number of halogens is 2. The van der Waals surface area contributed by atoms with E-state index in [0.717, 1.165) is 6.07 Å². The van der Waals surface area contributed by atoms with E-state index in [9.17, 15) is 23.5 Å². The summed E-state index contributed by atoms with van der Waals surface area (Å²) in [6.45, 7) is 0.268. The van der Waals surface area contributed by atoms with Crippen molar-refractivity contribution in [1.82, 2.24) is 4.90 Å². The highest BCUT2D eigenvalue weighted by atomic mass is 19.3. The second-order valence-corrected chi connectivity index (χ2v) is 5.42. The molecule has 0 saturated carbocycles. The van der Waals surface area contributed by atoms with Crippen LogP contribution in [0, 0.1) is 5.41 Å². The molecule has 120 valence electrons. The molecule has 5 nitrogen and oxygen atoms in total. The van der Waals surface area contributed by atoms with E-state index < -0.39 is 23.7 Å². The van der Waals surface area contributed by atoms with Gasteiger partial charge in [-0.15, -0.1) is 0 Å². The zero-order valence-corrected chi connectivity index (χ0v) is 12.1. The Morgan fingerprint density at radius 3 is 2.77 bits per heavy atom. The zero-order chi connectivity index (χ0) is 16.3. The number of carboxylic acid groups (broad SMARTS) is 1. The van der Waals surface area contributed by atoms with Crippen molar-refractivity contribution in [2.45, 2.75) is 12.8 Å². The zero-order valence-electron chi connectivity index (χ0n) is 12.1. The van der Waals surface area contributed by atoms with E-state index in [0.29, 0.717) is 0 Å². The molecular formula is C15H17F2NO4. The Labute approximate surface area is 126 Å². The molecule has 1 atom stereocenters. The maximum absolute atomic E-state index is 12.7. The van der Waals surface area contributed by atoms with Gasteiger partial charge in [0.25, 0.3) is 12.3 Å². The van der Waals surface area contributed by atoms with Crippen molar-refractivity contribution in [2.24, 2.45) is 5.41 Å². The number of carbonyl (C=O) groups is 2. The molecule has 1 N–H and O–H groups in total. The molecule has 0 aliphatic carbocycles. The fraction of sp³-hybridized carbons (Fsp3) is 0.467. The fourth-order valence-corrected chi connectivity index (χ4v) is 2.67. The molecule has 1 heterocycles. The summed E-state index contributed by atoms with van der Waals surface area (Å²) in [6.07, 6.45) is -2.38. The number of likely N-dealkylation sites (tertiary alicyclic amines) is 1. The van der Waals surface area contributed by atoms with Gasteiger partial charge in [-0.2, -0.15) is 0 Å². The normalized spacial score (nSPS) is 21.4. The molecule has 2 rings (SSSR count). The van der Waals surface area contributed by atoms with Crippen LogP contribution in [0.15, 0.2) is 24.3 Å². The van der Waals surface area contributed by atoms with Gasteiger partial charge in [-0.3, -0.25) is 9.59 Å². The number of hydrogen-bond donors (Lipinski definition) is 1. The van der Waals surface area contributed by atoms with Gasteiger partial charge in [0.2, 0.25) is 0 Å². The van der Waals surface area contributed by atoms with Crippen LogP contribution < -0.4 is 0 Å². The van der Waals surface area contributed by atoms with E-state index in [2.05, 4.69) is 0 Å². The minimum atomic E-state index is -2.65. The molecule has 0 radical (unpaired) electrons. The number of amides is 1. The van der Waals surface area contributed by atoms with Crippen molar-refractivity contribution in [3.8, 4) is 0 Å². The van der Waals surface area contributed by atoms with E-state index in [-0.39, 0.29) is 37.2 Å². The van der Waals surface area contributed by atoms with Crippen LogP contribution >= 0.6 is 0 Å². The number of carboxylic acids is 1. The molecule has 1 unspecified atom stereocenters. The monoisotopic (exact) mass is 313 g/mol. The van der Waals surface area contributed by atoms with Crippen LogP contribution in [0.5, 0.6) is 0 Å². The van der Waals surface area contributed by atoms with Crippen molar-refractivity contribution < 1.29 is 28.2 Å². The summed E-state index contributed by atoms with van der Waals surface area (Å²) in [5.74, 6) is -1.47. The Morgan fingerprint density at radius 2 is 2.18 bits per heavy atom. The molecule has 0 aromatic heterocycles. The third-order valence-electron chi connectivity index (χ3n) is 3.90. The molecule has 22 heavy (non-hydrogen) atoms. The first kappa shape index (κ1) is 16.4. The highest BCUT2D eigenvalue weighted by Gasteiger charge is 2.46. The quantitative estimate of drug-likeness (QED) is 0.905. The molecule has 0 bridgehead atoms. The second kappa shape index (κ2) is 6.39. The lowest BCUT2D eigenvalue weighted by atomic mass is 9.88. The van der Waals surface area contributed by atoms with Gasteiger partial charge in [0.1, 0.15) is 5.41 Å². The number of benzene rings is 1. The molecule has 1 fully saturated rings. The Bertz CT molecular complexity index is 578. The van der Waals surface area contributed by atoms with Crippen LogP contribution in [0.3, 0.4) is 0 Å². The van der Waals surface area contributed by atoms with Gasteiger partial charge >= 0.3 is 5.97 Å². The number of hydrogen-bond acceptors (Lipinski definition) is 3. The van der Waals surface area contributed by atoms with Gasteiger partial charge in [-0.05, 0) is 18.6 Å². The third-order valence-corrected chi connectivity index (χ3v) is 3.90. The van der Waals surface area contributed by atoms with E-state index in [1.807, 2.05) is 0 Å². The van der Waals surface area contributed by atoms with E-state index in [1.54, 1.807) is 0 Å². The third kappa shape index (κ3) is 3.09. The van der Waals surface area contributed by atoms with Gasteiger partial charge in [0.15, 0.2) is 0 Å². The summed E-state index contributed by atoms with van der Waals surface area (Å²) in [7, 11) is 1.40. The highest BCUT2D eigenvalue weighted by molar-refractivity contribution is 5.95. The fourth-order valence-electron chi connectivity index (χ4n) is 2.67. The van der Waals surface area contributed by atoms with Crippen LogP contribution in [0.2, 0.25) is 0 Å². The summed E-state index contributed by atoms with van der Waals surface area (Å²) in [5, 5.41) is 9.36. The Balaban J connectivity index is 2.18. The van der Waals surface area contributed by atoms with Crippen LogP contribution in [0.1, 0.15) is 28.8 Å². The molecule has 1 aromatic carbocycles. The molecule has 1 aromatic rings. The van der Waals surface area contributed by atoms with E-state index >= 15 is 0 Å². The highest BCUT2D eigenvalue weighted by Crippen LogP contribution is 2.32. The van der Waals surface area contributed by atoms with Crippen LogP contribution in [0.25, 0.3) is 0 Å². The predicted octanol–water partition coefficient (Wildman–Crippen LogP) is 2.19. The van der Waals surface area contributed by atoms with Gasteiger partial charge in [0, 0.05) is 31.3 Å². The SMILES string of the molecule is COCC1(C(=O)O)CCN(C(=O)c2cccc(C(F)F)c2)C1. The van der Waals surface area contributed by atoms with Crippen molar-refractivity contribution in [3.63, 3.8) is 0 Å². The maximum atomic E-state index is 12.7. The minimum Gasteiger partial charge on any atom is -0.481 e. The molecular weight excluding hydrogens is 296 g/mol. The molecule has 1 aliphatic rings. The lowest BCUT2D eigenvalue weighted by Gasteiger charge is -2.23. The molecule has 0 spiro atoms. The Morgan fingerprint density at radius 1 is 1.45 bits per heavy atom. The lowest BCUT2D eigenvalue weighted by Crippen LogP contribution is -2.40. The average Bonchev–Trinajstić information content (AvgIpc) is 2.92. The Kier molecular flexibility index (Phi) is 4.75. The second-order valence-electron chi connectivity index (χ2n) is 5.42. The van der Waals surface area contributed by atoms with Gasteiger partial charge in [-0.25, -0.2) is 8.78 Å². The van der Waals surface area contributed by atoms with Crippen LogP contribution in [0.4, 0.5) is 8.78 Å². The maximum Gasteiger partial charge on any atom is 0.313 e. The van der Waals surface area contributed by atoms with Crippen molar-refractivity contribution >= 4 is 11.9 Å². The van der Waals surface area contributed by atoms with Gasteiger partial charge < -0.3 is 14.7 Å². The van der Waals surface area contributed by atoms with E-state index in [1.165, 1.54) is 30.2 Å². The summed E-state index contributed by atoms with van der Waals surface area (Å²) in [5.41, 5.74) is -1.23. The number of rotatable bonds is 5.